The van der Waals surface area contributed by atoms with Gasteiger partial charge in [-0.05, 0) is 51.2 Å². The molecule has 0 saturated heterocycles. The molecule has 0 bridgehead atoms. The van der Waals surface area contributed by atoms with E-state index in [1.807, 2.05) is 22.6 Å². The Hall–Kier alpha value is -0.820. The Balaban J connectivity index is 3.44. The normalized spacial score (nSPS) is 14.1. The average molecular weight is 653 g/mol. The van der Waals surface area contributed by atoms with E-state index in [2.05, 4.69) is 5.32 Å². The van der Waals surface area contributed by atoms with Crippen molar-refractivity contribution >= 4 is 62.7 Å². The van der Waals surface area contributed by atoms with Gasteiger partial charge in [0.1, 0.15) is 0 Å². The molecule has 2 amide bonds. The first kappa shape index (κ1) is 27.2. The van der Waals surface area contributed by atoms with Gasteiger partial charge in [-0.3, -0.25) is 9.59 Å². The Labute approximate surface area is 200 Å². The van der Waals surface area contributed by atoms with E-state index in [9.17, 15) is 24.9 Å². The second-order valence-corrected chi connectivity index (χ2v) is 8.60. The molecule has 0 spiro atoms. The van der Waals surface area contributed by atoms with Gasteiger partial charge in [-0.2, -0.15) is 0 Å². The maximum Gasteiger partial charge on any atom is 0.255 e. The van der Waals surface area contributed by atoms with E-state index in [1.54, 1.807) is 22.6 Å². The highest BCUT2D eigenvalue weighted by Crippen LogP contribution is 2.31. The molecule has 0 aliphatic carbocycles. The van der Waals surface area contributed by atoms with Crippen LogP contribution in [0.3, 0.4) is 0 Å². The number of amides is 2. The van der Waals surface area contributed by atoms with Crippen molar-refractivity contribution in [2.75, 3.05) is 44.8 Å². The molecule has 0 aliphatic rings. The highest BCUT2D eigenvalue weighted by atomic mass is 127. The van der Waals surface area contributed by atoms with Crippen molar-refractivity contribution < 1.29 is 40.2 Å². The number of hydrogen-bond acceptors (Lipinski definition) is 9. The van der Waals surface area contributed by atoms with Crippen LogP contribution in [-0.2, 0) is 0 Å². The number of aliphatic hydroxyl groups excluding tert-OH is 6. The summed E-state index contributed by atoms with van der Waals surface area (Å²) in [5, 5.41) is 59.1. The number of carbonyl (C=O) groups excluding carboxylic acids is 2. The lowest BCUT2D eigenvalue weighted by molar-refractivity contribution is 0.0209. The summed E-state index contributed by atoms with van der Waals surface area (Å²) in [6.07, 6.45) is -3.64. The van der Waals surface area contributed by atoms with Crippen LogP contribution in [0, 0.1) is 7.14 Å². The van der Waals surface area contributed by atoms with Crippen LogP contribution in [-0.4, -0.2) is 105 Å². The monoisotopic (exact) mass is 653 g/mol. The second kappa shape index (κ2) is 12.9. The number of aliphatic hydroxyl groups is 6. The average Bonchev–Trinajstić information content (AvgIpc) is 2.71. The van der Waals surface area contributed by atoms with Crippen molar-refractivity contribution in [3.05, 3.63) is 24.3 Å². The molecule has 0 heterocycles. The quantitative estimate of drug-likeness (QED) is 0.117. The van der Waals surface area contributed by atoms with Crippen molar-refractivity contribution in [2.45, 2.75) is 18.3 Å². The van der Waals surface area contributed by atoms with E-state index in [4.69, 9.17) is 21.1 Å². The summed E-state index contributed by atoms with van der Waals surface area (Å²) < 4.78 is 0.647. The molecule has 30 heavy (non-hydrogen) atoms. The predicted octanol–water partition coefficient (Wildman–Crippen LogP) is -2.09. The largest absolute Gasteiger partial charge is 0.394 e. The molecular weight excluding hydrogens is 628 g/mol. The van der Waals surface area contributed by atoms with Crippen LogP contribution < -0.4 is 11.1 Å². The third-order valence-corrected chi connectivity index (χ3v) is 6.23. The third-order valence-electron chi connectivity index (χ3n) is 3.99. The lowest BCUT2D eigenvalue weighted by Crippen LogP contribution is -2.44. The smallest absolute Gasteiger partial charge is 0.255 e. The van der Waals surface area contributed by atoms with Gasteiger partial charge in [0.15, 0.2) is 0 Å². The standard InChI is InChI=1S/C17H25I2N3O8/c18-14-11(17(30)22(3-9(27)6-24)4-10(28)7-25)1-12(21-2-8(26)5-23)15(19)13(14)16(20)29/h1,8-10,21,23-28H,2-7H2,(H2,20,29). The van der Waals surface area contributed by atoms with E-state index >= 15 is 0 Å². The first-order valence-corrected chi connectivity index (χ1v) is 10.9. The summed E-state index contributed by atoms with van der Waals surface area (Å²) in [5.41, 5.74) is 5.88. The van der Waals surface area contributed by atoms with Crippen LogP contribution in [0.5, 0.6) is 0 Å². The number of nitrogens with one attached hydrogen (secondary N) is 1. The molecule has 3 atom stereocenters. The predicted molar refractivity (Wildman–Crippen MR) is 124 cm³/mol. The maximum atomic E-state index is 13.2. The van der Waals surface area contributed by atoms with E-state index in [0.717, 1.165) is 4.90 Å². The van der Waals surface area contributed by atoms with E-state index in [-0.39, 0.29) is 34.3 Å². The molecule has 0 aliphatic heterocycles. The van der Waals surface area contributed by atoms with Crippen LogP contribution in [0.1, 0.15) is 20.7 Å². The van der Waals surface area contributed by atoms with Crippen molar-refractivity contribution in [3.8, 4) is 0 Å². The number of hydrogen-bond donors (Lipinski definition) is 8. The van der Waals surface area contributed by atoms with Gasteiger partial charge in [0.25, 0.3) is 11.8 Å². The summed E-state index contributed by atoms with van der Waals surface area (Å²) in [5.74, 6) is -1.47. The van der Waals surface area contributed by atoms with Crippen molar-refractivity contribution in [2.24, 2.45) is 5.73 Å². The van der Waals surface area contributed by atoms with Crippen molar-refractivity contribution in [1.82, 2.24) is 4.90 Å². The molecule has 1 aromatic rings. The summed E-state index contributed by atoms with van der Waals surface area (Å²) >= 11 is 3.65. The molecule has 9 N–H and O–H groups in total. The first-order valence-electron chi connectivity index (χ1n) is 8.78. The molecule has 0 aromatic heterocycles. The SMILES string of the molecule is NC(=O)c1c(I)c(NCC(O)CO)cc(C(=O)N(CC(O)CO)CC(O)CO)c1I. The number of halogens is 2. The number of nitrogens with zero attached hydrogens (tertiary/aromatic N) is 1. The second-order valence-electron chi connectivity index (χ2n) is 6.44. The lowest BCUT2D eigenvalue weighted by Gasteiger charge is -2.27. The minimum absolute atomic E-state index is 0.0288. The molecular formula is C17H25I2N3O8. The van der Waals surface area contributed by atoms with Gasteiger partial charge < -0.3 is 46.6 Å². The van der Waals surface area contributed by atoms with E-state index in [1.165, 1.54) is 6.07 Å². The minimum atomic E-state index is -1.28. The van der Waals surface area contributed by atoms with Crippen molar-refractivity contribution in [3.63, 3.8) is 0 Å². The van der Waals surface area contributed by atoms with Gasteiger partial charge in [0.05, 0.1) is 52.8 Å². The number of anilines is 1. The highest BCUT2D eigenvalue weighted by Gasteiger charge is 2.27. The van der Waals surface area contributed by atoms with Crippen molar-refractivity contribution in [1.29, 1.82) is 0 Å². The van der Waals surface area contributed by atoms with E-state index in [0.29, 0.717) is 9.26 Å². The number of benzene rings is 1. The fourth-order valence-corrected chi connectivity index (χ4v) is 4.78. The first-order chi connectivity index (χ1) is 14.1. The Bertz CT molecular complexity index is 740. The van der Waals surface area contributed by atoms with Crippen LogP contribution in [0.2, 0.25) is 0 Å². The molecule has 3 unspecified atom stereocenters. The fraction of sp³-hybridized carbons (Fsp3) is 0.529. The van der Waals surface area contributed by atoms with Gasteiger partial charge >= 0.3 is 0 Å². The molecule has 1 rings (SSSR count). The fourth-order valence-electron chi connectivity index (χ4n) is 2.46. The minimum Gasteiger partial charge on any atom is -0.394 e. The highest BCUT2D eigenvalue weighted by molar-refractivity contribution is 14.1. The summed E-state index contributed by atoms with van der Waals surface area (Å²) in [6, 6.07) is 1.42. The summed E-state index contributed by atoms with van der Waals surface area (Å²) in [7, 11) is 0. The third kappa shape index (κ3) is 7.40. The zero-order valence-electron chi connectivity index (χ0n) is 15.8. The number of nitrogens with two attached hydrogens (primary N) is 1. The van der Waals surface area contributed by atoms with Crippen LogP contribution in [0.15, 0.2) is 6.07 Å². The Kier molecular flexibility index (Phi) is 11.7. The molecule has 0 radical (unpaired) electrons. The topological polar surface area (TPSA) is 197 Å². The number of carbonyl (C=O) groups is 2. The van der Waals surface area contributed by atoms with Gasteiger partial charge in [0, 0.05) is 28.9 Å². The molecule has 170 valence electrons. The zero-order chi connectivity index (χ0) is 23.0. The van der Waals surface area contributed by atoms with Gasteiger partial charge in [0.2, 0.25) is 0 Å². The molecule has 11 nitrogen and oxygen atoms in total. The van der Waals surface area contributed by atoms with Gasteiger partial charge in [-0.25, -0.2) is 0 Å². The Morgan fingerprint density at radius 1 is 0.967 bits per heavy atom. The lowest BCUT2D eigenvalue weighted by atomic mass is 10.1. The van der Waals surface area contributed by atoms with E-state index < -0.39 is 49.9 Å². The maximum absolute atomic E-state index is 13.2. The molecule has 1 aromatic carbocycles. The number of primary amides is 1. The molecule has 0 fully saturated rings. The van der Waals surface area contributed by atoms with Gasteiger partial charge in [-0.1, -0.05) is 0 Å². The van der Waals surface area contributed by atoms with Crippen LogP contribution in [0.4, 0.5) is 5.69 Å². The Morgan fingerprint density at radius 3 is 1.90 bits per heavy atom. The molecule has 13 heteroatoms. The van der Waals surface area contributed by atoms with Crippen LogP contribution >= 0.6 is 45.2 Å². The Morgan fingerprint density at radius 2 is 1.47 bits per heavy atom. The molecule has 0 saturated carbocycles. The summed E-state index contributed by atoms with van der Waals surface area (Å²) in [6.45, 7) is -2.45. The van der Waals surface area contributed by atoms with Crippen LogP contribution in [0.25, 0.3) is 0 Å². The van der Waals surface area contributed by atoms with Gasteiger partial charge in [-0.15, -0.1) is 0 Å². The summed E-state index contributed by atoms with van der Waals surface area (Å²) in [4.78, 5) is 26.2. The zero-order valence-corrected chi connectivity index (χ0v) is 20.1. The number of rotatable bonds is 12.